The van der Waals surface area contributed by atoms with Crippen LogP contribution in [0.25, 0.3) is 0 Å². The van der Waals surface area contributed by atoms with Crippen molar-refractivity contribution in [1.29, 1.82) is 0 Å². The zero-order valence-electron chi connectivity index (χ0n) is 11.6. The number of benzene rings is 1. The SMILES string of the molecule is CN(C(=O)SC1=C(C(=O)O)N2C(=O)C[C@H]2S1)c1ccccc1. The number of nitrogens with zero attached hydrogens (tertiary/aromatic N) is 2. The van der Waals surface area contributed by atoms with Gasteiger partial charge in [-0.05, 0) is 23.9 Å². The van der Waals surface area contributed by atoms with Gasteiger partial charge in [-0.25, -0.2) is 4.79 Å². The van der Waals surface area contributed by atoms with Crippen molar-refractivity contribution in [2.75, 3.05) is 11.9 Å². The van der Waals surface area contributed by atoms with Gasteiger partial charge in [0.25, 0.3) is 5.24 Å². The number of anilines is 1. The zero-order chi connectivity index (χ0) is 15.9. The van der Waals surface area contributed by atoms with E-state index in [1.165, 1.54) is 21.6 Å². The van der Waals surface area contributed by atoms with E-state index in [0.717, 1.165) is 17.4 Å². The van der Waals surface area contributed by atoms with Crippen LogP contribution in [0.5, 0.6) is 0 Å². The molecule has 2 aliphatic heterocycles. The summed E-state index contributed by atoms with van der Waals surface area (Å²) < 4.78 is 0.371. The fraction of sp³-hybridized carbons (Fsp3) is 0.214. The fourth-order valence-corrected chi connectivity index (χ4v) is 4.72. The van der Waals surface area contributed by atoms with Gasteiger partial charge in [0.1, 0.15) is 0 Å². The number of rotatable bonds is 3. The number of carboxylic acid groups (broad SMARTS) is 1. The highest BCUT2D eigenvalue weighted by molar-refractivity contribution is 8.30. The van der Waals surface area contributed by atoms with Gasteiger partial charge >= 0.3 is 5.97 Å². The van der Waals surface area contributed by atoms with Crippen LogP contribution in [0.2, 0.25) is 0 Å². The molecule has 22 heavy (non-hydrogen) atoms. The normalized spacial score (nSPS) is 19.8. The van der Waals surface area contributed by atoms with E-state index in [9.17, 15) is 19.5 Å². The monoisotopic (exact) mass is 336 g/mol. The molecule has 1 aromatic rings. The number of amides is 2. The molecule has 0 bridgehead atoms. The lowest BCUT2D eigenvalue weighted by atomic mass is 10.2. The van der Waals surface area contributed by atoms with E-state index >= 15 is 0 Å². The molecule has 0 radical (unpaired) electrons. The second-order valence-corrected chi connectivity index (χ2v) is 7.15. The second-order valence-electron chi connectivity index (χ2n) is 4.74. The maximum atomic E-state index is 12.3. The smallest absolute Gasteiger partial charge is 0.354 e. The fourth-order valence-electron chi connectivity index (χ4n) is 2.20. The Morgan fingerprint density at radius 3 is 2.64 bits per heavy atom. The molecule has 0 spiro atoms. The van der Waals surface area contributed by atoms with E-state index < -0.39 is 5.97 Å². The van der Waals surface area contributed by atoms with Gasteiger partial charge in [0, 0.05) is 12.7 Å². The molecule has 1 N–H and O–H groups in total. The molecule has 114 valence electrons. The molecule has 0 unspecified atom stereocenters. The van der Waals surface area contributed by atoms with Crippen molar-refractivity contribution in [3.05, 3.63) is 40.3 Å². The highest BCUT2D eigenvalue weighted by Gasteiger charge is 2.49. The molecule has 2 heterocycles. The van der Waals surface area contributed by atoms with E-state index in [2.05, 4.69) is 0 Å². The van der Waals surface area contributed by atoms with Crippen LogP contribution in [0.4, 0.5) is 10.5 Å². The van der Waals surface area contributed by atoms with Crippen molar-refractivity contribution in [2.45, 2.75) is 11.8 Å². The molecule has 1 saturated heterocycles. The zero-order valence-corrected chi connectivity index (χ0v) is 13.2. The Hall–Kier alpha value is -1.93. The standard InChI is InChI=1S/C14H12N2O4S2/c1-15(8-5-3-2-4-6-8)14(20)22-13-11(12(18)19)16-9(17)7-10(16)21-13/h2-6,10H,7H2,1H3,(H,18,19)/t10-/m1/s1. The molecule has 1 fully saturated rings. The molecule has 0 saturated carbocycles. The van der Waals surface area contributed by atoms with Gasteiger partial charge in [0.15, 0.2) is 5.70 Å². The molecule has 3 rings (SSSR count). The van der Waals surface area contributed by atoms with Crippen molar-refractivity contribution in [2.24, 2.45) is 0 Å². The van der Waals surface area contributed by atoms with Crippen LogP contribution in [0, 0.1) is 0 Å². The van der Waals surface area contributed by atoms with E-state index in [0.29, 0.717) is 10.7 Å². The predicted octanol–water partition coefficient (Wildman–Crippen LogP) is 2.53. The summed E-state index contributed by atoms with van der Waals surface area (Å²) in [7, 11) is 1.63. The number of hydrogen-bond acceptors (Lipinski definition) is 5. The molecular weight excluding hydrogens is 324 g/mol. The van der Waals surface area contributed by atoms with Crippen molar-refractivity contribution in [3.8, 4) is 0 Å². The molecule has 1 atom stereocenters. The van der Waals surface area contributed by atoms with Crippen molar-refractivity contribution in [1.82, 2.24) is 4.90 Å². The van der Waals surface area contributed by atoms with Gasteiger partial charge < -0.3 is 10.0 Å². The van der Waals surface area contributed by atoms with E-state index in [1.807, 2.05) is 18.2 Å². The minimum absolute atomic E-state index is 0.0777. The lowest BCUT2D eigenvalue weighted by Crippen LogP contribution is -2.48. The first-order chi connectivity index (χ1) is 10.5. The number of fused-ring (bicyclic) bond motifs is 1. The number of aliphatic carboxylic acids is 1. The van der Waals surface area contributed by atoms with Crippen LogP contribution in [-0.2, 0) is 9.59 Å². The Labute approximate surface area is 135 Å². The van der Waals surface area contributed by atoms with Crippen LogP contribution in [0.1, 0.15) is 6.42 Å². The lowest BCUT2D eigenvalue weighted by Gasteiger charge is -2.33. The Morgan fingerprint density at radius 2 is 2.05 bits per heavy atom. The Bertz CT molecular complexity index is 689. The van der Waals surface area contributed by atoms with Crippen LogP contribution in [-0.4, -0.2) is 39.5 Å². The Kier molecular flexibility index (Phi) is 3.88. The highest BCUT2D eigenvalue weighted by Crippen LogP contribution is 2.50. The number of carbonyl (C=O) groups is 3. The van der Waals surface area contributed by atoms with Gasteiger partial charge in [-0.15, -0.1) is 0 Å². The first kappa shape index (κ1) is 15.0. The number of thioether (sulfide) groups is 2. The second kappa shape index (κ2) is 5.69. The first-order valence-corrected chi connectivity index (χ1v) is 8.15. The van der Waals surface area contributed by atoms with Crippen molar-refractivity contribution >= 4 is 46.3 Å². The average molecular weight is 336 g/mol. The van der Waals surface area contributed by atoms with E-state index in [4.69, 9.17) is 0 Å². The summed E-state index contributed by atoms with van der Waals surface area (Å²) in [5.41, 5.74) is 0.644. The number of hydrogen-bond donors (Lipinski definition) is 1. The first-order valence-electron chi connectivity index (χ1n) is 6.46. The summed E-state index contributed by atoms with van der Waals surface area (Å²) in [5.74, 6) is -1.39. The van der Waals surface area contributed by atoms with Crippen molar-refractivity contribution in [3.63, 3.8) is 0 Å². The molecule has 8 heteroatoms. The van der Waals surface area contributed by atoms with Crippen molar-refractivity contribution < 1.29 is 19.5 Å². The molecule has 0 aromatic heterocycles. The number of carbonyl (C=O) groups excluding carboxylic acids is 2. The van der Waals surface area contributed by atoms with Gasteiger partial charge in [0.2, 0.25) is 5.91 Å². The summed E-state index contributed by atoms with van der Waals surface area (Å²) in [6, 6.07) is 9.08. The minimum atomic E-state index is -1.18. The largest absolute Gasteiger partial charge is 0.477 e. The van der Waals surface area contributed by atoms with Crippen LogP contribution < -0.4 is 4.90 Å². The van der Waals surface area contributed by atoms with Gasteiger partial charge in [-0.1, -0.05) is 30.0 Å². The van der Waals surface area contributed by atoms with Crippen LogP contribution >= 0.6 is 23.5 Å². The van der Waals surface area contributed by atoms with E-state index in [-0.39, 0.29) is 22.2 Å². The third-order valence-corrected chi connectivity index (χ3v) is 5.81. The number of carboxylic acids is 1. The van der Waals surface area contributed by atoms with Gasteiger partial charge in [-0.3, -0.25) is 14.5 Å². The highest BCUT2D eigenvalue weighted by atomic mass is 32.2. The number of β-lactam (4-membered cyclic amide) rings is 1. The minimum Gasteiger partial charge on any atom is -0.477 e. The molecule has 0 aliphatic carbocycles. The Morgan fingerprint density at radius 1 is 1.36 bits per heavy atom. The van der Waals surface area contributed by atoms with Crippen LogP contribution in [0.3, 0.4) is 0 Å². The van der Waals surface area contributed by atoms with E-state index in [1.54, 1.807) is 19.2 Å². The molecule has 2 aliphatic rings. The lowest BCUT2D eigenvalue weighted by molar-refractivity contribution is -0.145. The molecule has 1 aromatic carbocycles. The molecule has 2 amide bonds. The maximum Gasteiger partial charge on any atom is 0.354 e. The third kappa shape index (κ3) is 2.48. The molecule has 6 nitrogen and oxygen atoms in total. The summed E-state index contributed by atoms with van der Waals surface area (Å²) in [5, 5.41) is 8.81. The molecular formula is C14H12N2O4S2. The number of para-hydroxylation sites is 1. The topological polar surface area (TPSA) is 77.9 Å². The Balaban J connectivity index is 1.79. The van der Waals surface area contributed by atoms with Gasteiger partial charge in [0.05, 0.1) is 16.0 Å². The third-order valence-electron chi connectivity index (χ3n) is 3.38. The average Bonchev–Trinajstić information content (AvgIpc) is 2.79. The maximum absolute atomic E-state index is 12.3. The summed E-state index contributed by atoms with van der Waals surface area (Å²) in [6.45, 7) is 0. The quantitative estimate of drug-likeness (QED) is 0.855. The van der Waals surface area contributed by atoms with Gasteiger partial charge in [-0.2, -0.15) is 0 Å². The summed E-state index contributed by atoms with van der Waals surface area (Å²) in [6.07, 6.45) is 0.314. The van der Waals surface area contributed by atoms with Crippen LogP contribution in [0.15, 0.2) is 40.3 Å². The predicted molar refractivity (Wildman–Crippen MR) is 85.3 cm³/mol. The summed E-state index contributed by atoms with van der Waals surface area (Å²) >= 11 is 2.11. The summed E-state index contributed by atoms with van der Waals surface area (Å²) in [4.78, 5) is 37.9.